The monoisotopic (exact) mass is 284 g/mol. The number of benzene rings is 1. The number of halogens is 1. The summed E-state index contributed by atoms with van der Waals surface area (Å²) < 4.78 is 0. The number of nitrogens with one attached hydrogen (secondary N) is 1. The van der Waals surface area contributed by atoms with Gasteiger partial charge in [-0.15, -0.1) is 0 Å². The molecule has 0 aliphatic carbocycles. The minimum absolute atomic E-state index is 0.297. The summed E-state index contributed by atoms with van der Waals surface area (Å²) in [5.41, 5.74) is 2.43. The van der Waals surface area contributed by atoms with E-state index in [2.05, 4.69) is 35.3 Å². The molecule has 2 nitrogen and oxygen atoms in total. The topological polar surface area (TPSA) is 15.3 Å². The van der Waals surface area contributed by atoms with Crippen molar-refractivity contribution in [3.8, 4) is 0 Å². The Kier molecular flexibility index (Phi) is 5.22. The third kappa shape index (κ3) is 3.34. The molecule has 1 saturated heterocycles. The van der Waals surface area contributed by atoms with Gasteiger partial charge in [0.05, 0.1) is 0 Å². The zero-order valence-corrected chi connectivity index (χ0v) is 12.7. The van der Waals surface area contributed by atoms with Crippen LogP contribution in [-0.2, 0) is 0 Å². The van der Waals surface area contributed by atoms with Crippen molar-refractivity contribution in [2.75, 3.05) is 36.5 Å². The molecule has 0 amide bonds. The summed E-state index contributed by atoms with van der Waals surface area (Å²) in [7, 11) is 1.96. The Morgan fingerprint density at radius 1 is 1.33 bits per heavy atom. The normalized spacial score (nSPS) is 18.5. The first-order chi connectivity index (χ1) is 8.72. The van der Waals surface area contributed by atoms with Crippen LogP contribution in [-0.4, -0.2) is 31.6 Å². The molecule has 0 spiro atoms. The predicted octanol–water partition coefficient (Wildman–Crippen LogP) is 3.56. The van der Waals surface area contributed by atoms with E-state index < -0.39 is 0 Å². The molecule has 100 valence electrons. The maximum Gasteiger partial charge on any atom is 0.0474 e. The minimum atomic E-state index is 0.297. The molecule has 0 radical (unpaired) electrons. The molecule has 1 N–H and O–H groups in total. The second-order valence-corrected chi connectivity index (χ2v) is 6.30. The molecule has 1 atom stereocenters. The van der Waals surface area contributed by atoms with E-state index in [0.717, 1.165) is 18.1 Å². The Morgan fingerprint density at radius 3 is 2.89 bits per heavy atom. The molecule has 4 heteroatoms. The van der Waals surface area contributed by atoms with E-state index in [-0.39, 0.29) is 0 Å². The lowest BCUT2D eigenvalue weighted by atomic mass is 10.1. The quantitative estimate of drug-likeness (QED) is 0.914. The SMILES string of the molecule is CNC(C)c1ccc(N2CCCSCC2)cc1Cl. The lowest BCUT2D eigenvalue weighted by molar-refractivity contribution is 0.652. The summed E-state index contributed by atoms with van der Waals surface area (Å²) in [6, 6.07) is 6.76. The van der Waals surface area contributed by atoms with E-state index in [4.69, 9.17) is 11.6 Å². The van der Waals surface area contributed by atoms with Crippen LogP contribution in [0, 0.1) is 0 Å². The van der Waals surface area contributed by atoms with Crippen LogP contribution < -0.4 is 10.2 Å². The van der Waals surface area contributed by atoms with Gasteiger partial charge in [0.2, 0.25) is 0 Å². The molecule has 18 heavy (non-hydrogen) atoms. The van der Waals surface area contributed by atoms with Crippen molar-refractivity contribution >= 4 is 29.1 Å². The average molecular weight is 285 g/mol. The van der Waals surface area contributed by atoms with Crippen molar-refractivity contribution in [2.45, 2.75) is 19.4 Å². The van der Waals surface area contributed by atoms with Crippen molar-refractivity contribution in [1.82, 2.24) is 5.32 Å². The number of anilines is 1. The number of rotatable bonds is 3. The first-order valence-electron chi connectivity index (χ1n) is 6.52. The van der Waals surface area contributed by atoms with E-state index in [1.165, 1.54) is 29.2 Å². The molecule has 1 aliphatic rings. The maximum absolute atomic E-state index is 6.39. The molecule has 1 heterocycles. The van der Waals surface area contributed by atoms with Gasteiger partial charge in [-0.2, -0.15) is 11.8 Å². The van der Waals surface area contributed by atoms with Crippen LogP contribution in [0.3, 0.4) is 0 Å². The molecule has 0 saturated carbocycles. The summed E-state index contributed by atoms with van der Waals surface area (Å²) in [5, 5.41) is 4.10. The van der Waals surface area contributed by atoms with Crippen molar-refractivity contribution in [3.05, 3.63) is 28.8 Å². The second kappa shape index (κ2) is 6.69. The Labute approximate surface area is 119 Å². The zero-order chi connectivity index (χ0) is 13.0. The van der Waals surface area contributed by atoms with E-state index >= 15 is 0 Å². The van der Waals surface area contributed by atoms with Gasteiger partial charge in [0, 0.05) is 35.6 Å². The van der Waals surface area contributed by atoms with Gasteiger partial charge >= 0.3 is 0 Å². The smallest absolute Gasteiger partial charge is 0.0474 e. The lowest BCUT2D eigenvalue weighted by Crippen LogP contribution is -2.25. The summed E-state index contributed by atoms with van der Waals surface area (Å²) in [4.78, 5) is 2.44. The van der Waals surface area contributed by atoms with Gasteiger partial charge < -0.3 is 10.2 Å². The van der Waals surface area contributed by atoms with Crippen molar-refractivity contribution in [2.24, 2.45) is 0 Å². The van der Waals surface area contributed by atoms with Crippen LogP contribution >= 0.6 is 23.4 Å². The Balaban J connectivity index is 2.16. The van der Waals surface area contributed by atoms with Gasteiger partial charge in [0.1, 0.15) is 0 Å². The van der Waals surface area contributed by atoms with Crippen molar-refractivity contribution < 1.29 is 0 Å². The third-order valence-electron chi connectivity index (χ3n) is 3.47. The summed E-state index contributed by atoms with van der Waals surface area (Å²) in [6.07, 6.45) is 1.26. The fourth-order valence-corrected chi connectivity index (χ4v) is 3.45. The molecular weight excluding hydrogens is 264 g/mol. The summed E-state index contributed by atoms with van der Waals surface area (Å²) in [5.74, 6) is 2.49. The minimum Gasteiger partial charge on any atom is -0.371 e. The molecule has 1 unspecified atom stereocenters. The first kappa shape index (κ1) is 14.0. The second-order valence-electron chi connectivity index (χ2n) is 4.67. The molecule has 0 aromatic heterocycles. The third-order valence-corrected chi connectivity index (χ3v) is 4.85. The standard InChI is InChI=1S/C14H21ClN2S/c1-11(16-2)13-5-4-12(10-14(13)15)17-6-3-8-18-9-7-17/h4-5,10-11,16H,3,6-9H2,1-2H3. The van der Waals surface area contributed by atoms with Gasteiger partial charge in [-0.1, -0.05) is 17.7 Å². The number of hydrogen-bond donors (Lipinski definition) is 1. The van der Waals surface area contributed by atoms with Crippen molar-refractivity contribution in [3.63, 3.8) is 0 Å². The highest BCUT2D eigenvalue weighted by Crippen LogP contribution is 2.28. The first-order valence-corrected chi connectivity index (χ1v) is 8.05. The molecule has 0 bridgehead atoms. The maximum atomic E-state index is 6.39. The molecular formula is C14H21ClN2S. The van der Waals surface area contributed by atoms with Gasteiger partial charge in [0.25, 0.3) is 0 Å². The van der Waals surface area contributed by atoms with Gasteiger partial charge in [0.15, 0.2) is 0 Å². The highest BCUT2D eigenvalue weighted by atomic mass is 35.5. The molecule has 1 aromatic carbocycles. The van der Waals surface area contributed by atoms with Crippen LogP contribution in [0.4, 0.5) is 5.69 Å². The molecule has 1 aromatic rings. The average Bonchev–Trinajstić information content (AvgIpc) is 2.66. The van der Waals surface area contributed by atoms with Gasteiger partial charge in [-0.25, -0.2) is 0 Å². The summed E-state index contributed by atoms with van der Waals surface area (Å²) >= 11 is 8.44. The van der Waals surface area contributed by atoms with Crippen LogP contribution in [0.25, 0.3) is 0 Å². The number of thioether (sulfide) groups is 1. The summed E-state index contributed by atoms with van der Waals surface area (Å²) in [6.45, 7) is 4.40. The Morgan fingerprint density at radius 2 is 2.17 bits per heavy atom. The molecule has 2 rings (SSSR count). The predicted molar refractivity (Wildman–Crippen MR) is 83.1 cm³/mol. The lowest BCUT2D eigenvalue weighted by Gasteiger charge is -2.23. The van der Waals surface area contributed by atoms with Crippen LogP contribution in [0.2, 0.25) is 5.02 Å². The zero-order valence-electron chi connectivity index (χ0n) is 11.1. The highest BCUT2D eigenvalue weighted by Gasteiger charge is 2.13. The Hall–Kier alpha value is -0.380. The van der Waals surface area contributed by atoms with E-state index in [0.29, 0.717) is 6.04 Å². The van der Waals surface area contributed by atoms with Crippen LogP contribution in [0.15, 0.2) is 18.2 Å². The van der Waals surface area contributed by atoms with Gasteiger partial charge in [-0.05, 0) is 43.8 Å². The molecule has 1 aliphatic heterocycles. The van der Waals surface area contributed by atoms with Crippen molar-refractivity contribution in [1.29, 1.82) is 0 Å². The fourth-order valence-electron chi connectivity index (χ4n) is 2.22. The fraction of sp³-hybridized carbons (Fsp3) is 0.571. The van der Waals surface area contributed by atoms with E-state index in [1.807, 2.05) is 18.8 Å². The Bertz CT molecular complexity index is 389. The highest BCUT2D eigenvalue weighted by molar-refractivity contribution is 7.99. The van der Waals surface area contributed by atoms with E-state index in [1.54, 1.807) is 0 Å². The molecule has 1 fully saturated rings. The van der Waals surface area contributed by atoms with E-state index in [9.17, 15) is 0 Å². The van der Waals surface area contributed by atoms with Crippen LogP contribution in [0.5, 0.6) is 0 Å². The largest absolute Gasteiger partial charge is 0.371 e. The van der Waals surface area contributed by atoms with Gasteiger partial charge in [-0.3, -0.25) is 0 Å². The van der Waals surface area contributed by atoms with Crippen LogP contribution in [0.1, 0.15) is 24.9 Å². The number of hydrogen-bond acceptors (Lipinski definition) is 3. The number of nitrogens with zero attached hydrogens (tertiary/aromatic N) is 1.